The third kappa shape index (κ3) is 37.5. The van der Waals surface area contributed by atoms with Crippen LogP contribution in [0.2, 0.25) is 0 Å². The average molecular weight is 1330 g/mol. The van der Waals surface area contributed by atoms with E-state index in [-0.39, 0.29) is 18.9 Å². The van der Waals surface area contributed by atoms with E-state index in [1.54, 1.807) is 0 Å². The molecule has 17 unspecified atom stereocenters. The third-order valence-electron chi connectivity index (χ3n) is 19.6. The fourth-order valence-electron chi connectivity index (χ4n) is 13.4. The van der Waals surface area contributed by atoms with E-state index in [9.17, 15) is 61.0 Å². The Hall–Kier alpha value is -1.47. The largest absolute Gasteiger partial charge is 0.394 e. The second-order valence-electron chi connectivity index (χ2n) is 27.8. The molecule has 3 fully saturated rings. The van der Waals surface area contributed by atoms with E-state index in [1.807, 2.05) is 0 Å². The number of hydrogen-bond donors (Lipinski definition) is 12. The van der Waals surface area contributed by atoms with Gasteiger partial charge in [-0.2, -0.15) is 0 Å². The van der Waals surface area contributed by atoms with Crippen LogP contribution in [0.1, 0.15) is 322 Å². The van der Waals surface area contributed by atoms with Crippen LogP contribution in [-0.4, -0.2) is 193 Å². The summed E-state index contributed by atoms with van der Waals surface area (Å²) in [5.74, 6) is -0.237. The Labute approximate surface area is 563 Å². The number of ether oxygens (including phenoxy) is 6. The van der Waals surface area contributed by atoms with E-state index in [1.165, 1.54) is 244 Å². The van der Waals surface area contributed by atoms with Crippen LogP contribution in [-0.2, 0) is 33.2 Å². The van der Waals surface area contributed by atoms with Gasteiger partial charge in [-0.05, 0) is 38.5 Å². The van der Waals surface area contributed by atoms with Gasteiger partial charge in [0, 0.05) is 6.42 Å². The van der Waals surface area contributed by atoms with Crippen molar-refractivity contribution in [2.45, 2.75) is 426 Å². The van der Waals surface area contributed by atoms with E-state index >= 15 is 0 Å². The van der Waals surface area contributed by atoms with Crippen molar-refractivity contribution < 1.29 is 89.4 Å². The molecular weight excluding hydrogens is 1190 g/mol. The van der Waals surface area contributed by atoms with Crippen LogP contribution in [0.5, 0.6) is 0 Å². The van der Waals surface area contributed by atoms with Crippen molar-refractivity contribution in [1.29, 1.82) is 0 Å². The van der Waals surface area contributed by atoms with E-state index in [0.29, 0.717) is 12.8 Å². The summed E-state index contributed by atoms with van der Waals surface area (Å²) in [7, 11) is 0. The number of nitrogens with one attached hydrogen (secondary N) is 1. The number of aliphatic hydroxyl groups is 11. The van der Waals surface area contributed by atoms with Gasteiger partial charge in [0.25, 0.3) is 0 Å². The van der Waals surface area contributed by atoms with Gasteiger partial charge in [0.15, 0.2) is 18.9 Å². The number of hydrogen-bond acceptors (Lipinski definition) is 18. The molecule has 0 aliphatic carbocycles. The zero-order chi connectivity index (χ0) is 67.5. The van der Waals surface area contributed by atoms with Crippen molar-refractivity contribution >= 4 is 5.91 Å². The highest BCUT2D eigenvalue weighted by Gasteiger charge is 2.53. The average Bonchev–Trinajstić information content (AvgIpc) is 0.814. The first-order valence-electron chi connectivity index (χ1n) is 38.4. The molecule has 0 aromatic carbocycles. The summed E-state index contributed by atoms with van der Waals surface area (Å²) < 4.78 is 34.5. The van der Waals surface area contributed by atoms with Crippen LogP contribution in [0.4, 0.5) is 0 Å². The van der Waals surface area contributed by atoms with E-state index in [2.05, 4.69) is 31.3 Å². The van der Waals surface area contributed by atoms with Crippen molar-refractivity contribution in [2.24, 2.45) is 0 Å². The summed E-state index contributed by atoms with van der Waals surface area (Å²) >= 11 is 0. The van der Waals surface area contributed by atoms with Gasteiger partial charge in [-0.25, -0.2) is 0 Å². The number of carbonyl (C=O) groups excluding carboxylic acids is 1. The Balaban J connectivity index is 1.39. The van der Waals surface area contributed by atoms with Crippen molar-refractivity contribution in [3.05, 3.63) is 12.2 Å². The van der Waals surface area contributed by atoms with Crippen LogP contribution in [0.3, 0.4) is 0 Å². The molecular formula is C74H141NO18. The smallest absolute Gasteiger partial charge is 0.220 e. The van der Waals surface area contributed by atoms with Gasteiger partial charge in [-0.3, -0.25) is 4.79 Å². The summed E-state index contributed by atoms with van der Waals surface area (Å²) in [6, 6.07) is -0.886. The van der Waals surface area contributed by atoms with Crippen molar-refractivity contribution in [1.82, 2.24) is 5.32 Å². The zero-order valence-electron chi connectivity index (χ0n) is 58.5. The van der Waals surface area contributed by atoms with Gasteiger partial charge < -0.3 is 89.9 Å². The Morgan fingerprint density at radius 3 is 1.04 bits per heavy atom. The van der Waals surface area contributed by atoms with Crippen LogP contribution in [0.25, 0.3) is 0 Å². The quantitative estimate of drug-likeness (QED) is 0.0199. The zero-order valence-corrected chi connectivity index (χ0v) is 58.5. The minimum Gasteiger partial charge on any atom is -0.394 e. The minimum atomic E-state index is -1.97. The first-order chi connectivity index (χ1) is 45.3. The number of carbonyl (C=O) groups is 1. The molecule has 3 saturated heterocycles. The Morgan fingerprint density at radius 1 is 0.376 bits per heavy atom. The first-order valence-corrected chi connectivity index (χ1v) is 38.4. The van der Waals surface area contributed by atoms with Gasteiger partial charge >= 0.3 is 0 Å². The topological polar surface area (TPSA) is 307 Å². The fraction of sp³-hybridized carbons (Fsp3) is 0.959. The second kappa shape index (κ2) is 56.3. The van der Waals surface area contributed by atoms with E-state index in [0.717, 1.165) is 44.9 Å². The number of rotatable bonds is 61. The lowest BCUT2D eigenvalue weighted by molar-refractivity contribution is -0.379. The lowest BCUT2D eigenvalue weighted by atomic mass is 9.96. The van der Waals surface area contributed by atoms with Crippen LogP contribution < -0.4 is 5.32 Å². The van der Waals surface area contributed by atoms with E-state index in [4.69, 9.17) is 28.4 Å². The summed E-state index contributed by atoms with van der Waals surface area (Å²) in [5.41, 5.74) is 0. The molecule has 17 atom stereocenters. The molecule has 93 heavy (non-hydrogen) atoms. The summed E-state index contributed by atoms with van der Waals surface area (Å²) in [6.45, 7) is 1.85. The van der Waals surface area contributed by atoms with Gasteiger partial charge in [0.2, 0.25) is 5.91 Å². The number of unbranched alkanes of at least 4 members (excludes halogenated alkanes) is 43. The fourth-order valence-corrected chi connectivity index (χ4v) is 13.4. The van der Waals surface area contributed by atoms with Crippen molar-refractivity contribution in [2.75, 3.05) is 26.4 Å². The Kier molecular flexibility index (Phi) is 51.9. The lowest BCUT2D eigenvalue weighted by Gasteiger charge is -2.48. The molecule has 0 radical (unpaired) electrons. The van der Waals surface area contributed by atoms with Crippen LogP contribution in [0.15, 0.2) is 12.2 Å². The van der Waals surface area contributed by atoms with Gasteiger partial charge in [0.05, 0.1) is 38.6 Å². The van der Waals surface area contributed by atoms with E-state index < -0.39 is 124 Å². The maximum atomic E-state index is 13.5. The highest BCUT2D eigenvalue weighted by molar-refractivity contribution is 5.76. The molecule has 0 saturated carbocycles. The predicted molar refractivity (Wildman–Crippen MR) is 365 cm³/mol. The highest BCUT2D eigenvalue weighted by Crippen LogP contribution is 2.33. The molecule has 550 valence electrons. The van der Waals surface area contributed by atoms with Gasteiger partial charge in [-0.15, -0.1) is 0 Å². The molecule has 0 bridgehead atoms. The SMILES string of the molecule is CCCCCCCCCC/C=C\CCCCCCCCCCCCCC(=O)NC(COC1OC(CO)C(OC2OC(CO)C(OC3OC(CO)C(O)C(O)C3O)C(O)C2O)C(O)C1O)C(O)CCCCCCCCCCCCCCCCCCCCCCCCCCC. The third-order valence-corrected chi connectivity index (χ3v) is 19.6. The molecule has 0 aromatic rings. The van der Waals surface area contributed by atoms with Gasteiger partial charge in [-0.1, -0.05) is 289 Å². The molecule has 19 nitrogen and oxygen atoms in total. The summed E-state index contributed by atoms with van der Waals surface area (Å²) in [5, 5.41) is 121. The molecule has 0 spiro atoms. The molecule has 3 heterocycles. The normalized spacial score (nSPS) is 27.5. The molecule has 0 aromatic heterocycles. The predicted octanol–water partition coefficient (Wildman–Crippen LogP) is 11.6. The summed E-state index contributed by atoms with van der Waals surface area (Å²) in [6.07, 6.45) is 37.2. The molecule has 19 heteroatoms. The minimum absolute atomic E-state index is 0.237. The highest BCUT2D eigenvalue weighted by atomic mass is 16.8. The molecule has 3 aliphatic rings. The first kappa shape index (κ1) is 85.8. The maximum Gasteiger partial charge on any atom is 0.220 e. The van der Waals surface area contributed by atoms with Crippen LogP contribution >= 0.6 is 0 Å². The van der Waals surface area contributed by atoms with Crippen LogP contribution in [0, 0.1) is 0 Å². The number of aliphatic hydroxyl groups excluding tert-OH is 11. The monoisotopic (exact) mass is 1330 g/mol. The maximum absolute atomic E-state index is 13.5. The Bertz CT molecular complexity index is 1730. The number of allylic oxidation sites excluding steroid dienone is 2. The number of amides is 1. The lowest BCUT2D eigenvalue weighted by Crippen LogP contribution is -2.66. The summed E-state index contributed by atoms with van der Waals surface area (Å²) in [4.78, 5) is 13.5. The standard InChI is InChI=1S/C74H141NO18/c1-3-5-7-9-11-13-15-17-19-21-23-25-27-28-30-31-33-35-37-39-41-43-45-47-49-51-58(79)57(75-62(80)52-50-48-46-44-42-40-38-36-34-32-29-26-24-22-20-18-16-14-12-10-8-6-4-2)56-88-72-68(86)65(83)70(60(54-77)90-72)93-74-69(87)66(84)71(61(55-78)91-74)92-73-67(85)64(82)63(81)59(53-76)89-73/h22,24,57-61,63-74,76-79,81-87H,3-21,23,25-56H2,1-2H3,(H,75,80)/b24-22-. The molecule has 12 N–H and O–H groups in total. The molecule has 3 rings (SSSR count). The van der Waals surface area contributed by atoms with Gasteiger partial charge in [0.1, 0.15) is 73.2 Å². The molecule has 3 aliphatic heterocycles. The second-order valence-corrected chi connectivity index (χ2v) is 27.8. The van der Waals surface area contributed by atoms with Crippen molar-refractivity contribution in [3.63, 3.8) is 0 Å². The van der Waals surface area contributed by atoms with Crippen molar-refractivity contribution in [3.8, 4) is 0 Å². The molecule has 1 amide bonds. The Morgan fingerprint density at radius 2 is 0.677 bits per heavy atom.